The quantitative estimate of drug-likeness (QED) is 0.748. The third kappa shape index (κ3) is 4.13. The summed E-state index contributed by atoms with van der Waals surface area (Å²) in [5.74, 6) is -0.0136. The molecule has 0 saturated carbocycles. The van der Waals surface area contributed by atoms with Crippen molar-refractivity contribution >= 4 is 23.1 Å². The Bertz CT molecular complexity index is 420. The van der Waals surface area contributed by atoms with Crippen LogP contribution in [0.25, 0.3) is 0 Å². The van der Waals surface area contributed by atoms with E-state index in [2.05, 4.69) is 5.32 Å². The number of carbonyl (C=O) groups is 1. The van der Waals surface area contributed by atoms with Gasteiger partial charge < -0.3 is 11.1 Å². The summed E-state index contributed by atoms with van der Waals surface area (Å²) in [4.78, 5) is 13.5. The van der Waals surface area contributed by atoms with E-state index >= 15 is 0 Å². The lowest BCUT2D eigenvalue weighted by Gasteiger charge is -2.17. The highest BCUT2D eigenvalue weighted by Gasteiger charge is 2.09. The molecule has 1 aromatic rings. The van der Waals surface area contributed by atoms with E-state index in [0.717, 1.165) is 11.1 Å². The number of amides is 1. The van der Waals surface area contributed by atoms with Crippen molar-refractivity contribution in [3.8, 4) is 0 Å². The normalized spacial score (nSPS) is 10.3. The van der Waals surface area contributed by atoms with Crippen molar-refractivity contribution in [2.45, 2.75) is 6.54 Å². The molecule has 1 aromatic carbocycles. The zero-order valence-electron chi connectivity index (χ0n) is 10.1. The Labute approximate surface area is 107 Å². The summed E-state index contributed by atoms with van der Waals surface area (Å²) in [5.41, 5.74) is 7.55. The van der Waals surface area contributed by atoms with Crippen molar-refractivity contribution in [1.82, 2.24) is 10.2 Å². The molecule has 0 aromatic heterocycles. The van der Waals surface area contributed by atoms with Crippen LogP contribution in [0.2, 0.25) is 0 Å². The Balaban J connectivity index is 2.74. The average Bonchev–Trinajstić information content (AvgIpc) is 2.29. The summed E-state index contributed by atoms with van der Waals surface area (Å²) >= 11 is 4.99. The lowest BCUT2D eigenvalue weighted by Crippen LogP contribution is -2.33. The highest BCUT2D eigenvalue weighted by atomic mass is 32.1. The zero-order valence-corrected chi connectivity index (χ0v) is 10.9. The van der Waals surface area contributed by atoms with Crippen molar-refractivity contribution in [2.75, 3.05) is 20.6 Å². The Hall–Kier alpha value is -1.46. The number of benzene rings is 1. The fourth-order valence-electron chi connectivity index (χ4n) is 1.57. The molecular weight excluding hydrogens is 234 g/mol. The van der Waals surface area contributed by atoms with Crippen LogP contribution in [0.3, 0.4) is 0 Å². The van der Waals surface area contributed by atoms with Crippen LogP contribution in [-0.2, 0) is 11.3 Å². The van der Waals surface area contributed by atoms with E-state index in [-0.39, 0.29) is 5.91 Å². The summed E-state index contributed by atoms with van der Waals surface area (Å²) in [6, 6.07) is 7.70. The van der Waals surface area contributed by atoms with Gasteiger partial charge in [0, 0.05) is 19.2 Å². The molecule has 1 amide bonds. The van der Waals surface area contributed by atoms with E-state index in [1.807, 2.05) is 36.2 Å². The lowest BCUT2D eigenvalue weighted by atomic mass is 10.1. The lowest BCUT2D eigenvalue weighted by molar-refractivity contribution is -0.121. The summed E-state index contributed by atoms with van der Waals surface area (Å²) in [6.45, 7) is 0.989. The van der Waals surface area contributed by atoms with Crippen LogP contribution in [0.5, 0.6) is 0 Å². The van der Waals surface area contributed by atoms with Crippen LogP contribution in [0.15, 0.2) is 24.3 Å². The molecule has 5 heteroatoms. The zero-order chi connectivity index (χ0) is 12.8. The predicted octanol–water partition coefficient (Wildman–Crippen LogP) is 0.499. The Morgan fingerprint density at radius 1 is 1.47 bits per heavy atom. The van der Waals surface area contributed by atoms with E-state index < -0.39 is 0 Å². The number of rotatable bonds is 5. The largest absolute Gasteiger partial charge is 0.389 e. The number of nitrogens with one attached hydrogen (secondary N) is 1. The minimum absolute atomic E-state index is 0.0136. The molecular formula is C12H17N3OS. The molecule has 0 spiro atoms. The molecule has 0 saturated heterocycles. The summed E-state index contributed by atoms with van der Waals surface area (Å²) in [5, 5.41) is 2.59. The topological polar surface area (TPSA) is 58.4 Å². The maximum Gasteiger partial charge on any atom is 0.233 e. The van der Waals surface area contributed by atoms with Crippen molar-refractivity contribution in [3.05, 3.63) is 35.4 Å². The van der Waals surface area contributed by atoms with Gasteiger partial charge in [-0.15, -0.1) is 0 Å². The maximum absolute atomic E-state index is 11.2. The fraction of sp³-hybridized carbons (Fsp3) is 0.333. The molecule has 4 nitrogen and oxygen atoms in total. The molecule has 0 aliphatic heterocycles. The second kappa shape index (κ2) is 6.32. The van der Waals surface area contributed by atoms with E-state index in [1.54, 1.807) is 7.05 Å². The third-order valence-corrected chi connectivity index (χ3v) is 2.64. The average molecular weight is 251 g/mol. The van der Waals surface area contributed by atoms with Gasteiger partial charge in [-0.05, 0) is 12.6 Å². The third-order valence-electron chi connectivity index (χ3n) is 2.42. The van der Waals surface area contributed by atoms with E-state index in [9.17, 15) is 4.79 Å². The molecule has 0 heterocycles. The van der Waals surface area contributed by atoms with Gasteiger partial charge in [0.25, 0.3) is 0 Å². The van der Waals surface area contributed by atoms with Crippen molar-refractivity contribution in [1.29, 1.82) is 0 Å². The minimum atomic E-state index is -0.0136. The molecule has 0 unspecified atom stereocenters. The van der Waals surface area contributed by atoms with Crippen LogP contribution in [-0.4, -0.2) is 36.4 Å². The Kier molecular flexibility index (Phi) is 5.06. The predicted molar refractivity (Wildman–Crippen MR) is 72.7 cm³/mol. The molecule has 0 fully saturated rings. The van der Waals surface area contributed by atoms with E-state index in [4.69, 9.17) is 18.0 Å². The number of nitrogens with two attached hydrogens (primary N) is 1. The maximum atomic E-state index is 11.2. The van der Waals surface area contributed by atoms with Crippen molar-refractivity contribution in [2.24, 2.45) is 5.73 Å². The first kappa shape index (κ1) is 13.6. The summed E-state index contributed by atoms with van der Waals surface area (Å²) in [6.07, 6.45) is 0. The number of nitrogens with zero attached hydrogens (tertiary/aromatic N) is 1. The van der Waals surface area contributed by atoms with Crippen molar-refractivity contribution in [3.63, 3.8) is 0 Å². The first-order valence-electron chi connectivity index (χ1n) is 5.31. The smallest absolute Gasteiger partial charge is 0.233 e. The Morgan fingerprint density at radius 2 is 2.12 bits per heavy atom. The monoisotopic (exact) mass is 251 g/mol. The number of hydrogen-bond acceptors (Lipinski definition) is 3. The van der Waals surface area contributed by atoms with Gasteiger partial charge in [-0.25, -0.2) is 0 Å². The first-order chi connectivity index (χ1) is 8.04. The van der Waals surface area contributed by atoms with Gasteiger partial charge in [-0.1, -0.05) is 36.5 Å². The van der Waals surface area contributed by atoms with Crippen LogP contribution in [0, 0.1) is 0 Å². The number of carbonyl (C=O) groups excluding carboxylic acids is 1. The molecule has 0 aliphatic rings. The molecule has 0 aliphatic carbocycles. The Morgan fingerprint density at radius 3 is 2.71 bits per heavy atom. The van der Waals surface area contributed by atoms with Gasteiger partial charge in [-0.2, -0.15) is 0 Å². The van der Waals surface area contributed by atoms with Gasteiger partial charge in [0.2, 0.25) is 5.91 Å². The van der Waals surface area contributed by atoms with E-state index in [0.29, 0.717) is 18.1 Å². The summed E-state index contributed by atoms with van der Waals surface area (Å²) < 4.78 is 0. The number of likely N-dealkylation sites (N-methyl/N-ethyl adjacent to an activating group) is 2. The van der Waals surface area contributed by atoms with Gasteiger partial charge >= 0.3 is 0 Å². The first-order valence-corrected chi connectivity index (χ1v) is 5.72. The molecule has 3 N–H and O–H groups in total. The molecule has 0 bridgehead atoms. The molecule has 0 atom stereocenters. The molecule has 92 valence electrons. The second-order valence-electron chi connectivity index (χ2n) is 3.87. The van der Waals surface area contributed by atoms with E-state index in [1.165, 1.54) is 0 Å². The molecule has 17 heavy (non-hydrogen) atoms. The standard InChI is InChI=1S/C12H17N3OS/c1-14-11(16)8-15(2)7-9-5-3-4-6-10(9)12(13)17/h3-6H,7-8H2,1-2H3,(H2,13,17)(H,14,16). The molecule has 0 radical (unpaired) electrons. The van der Waals surface area contributed by atoms with Gasteiger partial charge in [-0.3, -0.25) is 9.69 Å². The van der Waals surface area contributed by atoms with Gasteiger partial charge in [0.1, 0.15) is 4.99 Å². The van der Waals surface area contributed by atoms with Crippen molar-refractivity contribution < 1.29 is 4.79 Å². The number of thiocarbonyl (C=S) groups is 1. The minimum Gasteiger partial charge on any atom is -0.389 e. The SMILES string of the molecule is CNC(=O)CN(C)Cc1ccccc1C(N)=S. The van der Waals surface area contributed by atoms with Crippen LogP contribution in [0.1, 0.15) is 11.1 Å². The second-order valence-corrected chi connectivity index (χ2v) is 4.31. The summed E-state index contributed by atoms with van der Waals surface area (Å²) in [7, 11) is 3.50. The highest BCUT2D eigenvalue weighted by Crippen LogP contribution is 2.10. The number of hydrogen-bond donors (Lipinski definition) is 2. The van der Waals surface area contributed by atoms with Gasteiger partial charge in [0.15, 0.2) is 0 Å². The molecule has 1 rings (SSSR count). The highest BCUT2D eigenvalue weighted by molar-refractivity contribution is 7.80. The van der Waals surface area contributed by atoms with Crippen LogP contribution >= 0.6 is 12.2 Å². The van der Waals surface area contributed by atoms with Crippen LogP contribution < -0.4 is 11.1 Å². The van der Waals surface area contributed by atoms with Crippen LogP contribution in [0.4, 0.5) is 0 Å². The fourth-order valence-corrected chi connectivity index (χ4v) is 1.77. The van der Waals surface area contributed by atoms with Gasteiger partial charge in [0.05, 0.1) is 6.54 Å².